The van der Waals surface area contributed by atoms with Gasteiger partial charge in [0.05, 0.1) is 4.92 Å². The average Bonchev–Trinajstić information content (AvgIpc) is 2.25. The molecular formula is C12H18N2O2S. The SMILES string of the molecule is CC(C)(C)C(N)CSc1ccc([N+](=O)[O-])cc1. The van der Waals surface area contributed by atoms with E-state index in [9.17, 15) is 10.1 Å². The van der Waals surface area contributed by atoms with Crippen molar-refractivity contribution in [1.82, 2.24) is 0 Å². The van der Waals surface area contributed by atoms with Gasteiger partial charge >= 0.3 is 0 Å². The van der Waals surface area contributed by atoms with E-state index in [2.05, 4.69) is 20.8 Å². The van der Waals surface area contributed by atoms with Crippen LogP contribution < -0.4 is 5.73 Å². The van der Waals surface area contributed by atoms with Gasteiger partial charge in [0.15, 0.2) is 0 Å². The van der Waals surface area contributed by atoms with Crippen LogP contribution in [0.1, 0.15) is 20.8 Å². The smallest absolute Gasteiger partial charge is 0.269 e. The standard InChI is InChI=1S/C12H18N2O2S/c1-12(2,3)11(13)8-17-10-6-4-9(5-7-10)14(15)16/h4-7,11H,8,13H2,1-3H3. The molecule has 0 fully saturated rings. The van der Waals surface area contributed by atoms with E-state index in [4.69, 9.17) is 5.73 Å². The molecule has 4 nitrogen and oxygen atoms in total. The number of hydrogen-bond donors (Lipinski definition) is 1. The van der Waals surface area contributed by atoms with Gasteiger partial charge in [-0.15, -0.1) is 11.8 Å². The summed E-state index contributed by atoms with van der Waals surface area (Å²) in [5.74, 6) is 0.807. The Hall–Kier alpha value is -1.07. The highest BCUT2D eigenvalue weighted by atomic mass is 32.2. The number of benzene rings is 1. The minimum absolute atomic E-state index is 0.0772. The number of nitro groups is 1. The minimum atomic E-state index is -0.394. The Labute approximate surface area is 106 Å². The van der Waals surface area contributed by atoms with Crippen LogP contribution in [-0.4, -0.2) is 16.7 Å². The highest BCUT2D eigenvalue weighted by Gasteiger charge is 2.20. The molecule has 2 N–H and O–H groups in total. The van der Waals surface area contributed by atoms with Gasteiger partial charge < -0.3 is 5.73 Å². The molecular weight excluding hydrogens is 236 g/mol. The molecule has 1 aromatic carbocycles. The van der Waals surface area contributed by atoms with Crippen LogP contribution in [0.3, 0.4) is 0 Å². The maximum Gasteiger partial charge on any atom is 0.269 e. The number of thioether (sulfide) groups is 1. The van der Waals surface area contributed by atoms with E-state index < -0.39 is 4.92 Å². The van der Waals surface area contributed by atoms with Crippen LogP contribution in [0.15, 0.2) is 29.2 Å². The Morgan fingerprint density at radius 2 is 1.88 bits per heavy atom. The lowest BCUT2D eigenvalue weighted by molar-refractivity contribution is -0.384. The zero-order valence-corrected chi connectivity index (χ0v) is 11.2. The van der Waals surface area contributed by atoms with Crippen molar-refractivity contribution in [3.05, 3.63) is 34.4 Å². The van der Waals surface area contributed by atoms with Crippen molar-refractivity contribution in [2.45, 2.75) is 31.7 Å². The summed E-state index contributed by atoms with van der Waals surface area (Å²) in [6, 6.07) is 6.66. The highest BCUT2D eigenvalue weighted by Crippen LogP contribution is 2.26. The summed E-state index contributed by atoms with van der Waals surface area (Å²) in [4.78, 5) is 11.1. The number of nitro benzene ring substituents is 1. The zero-order valence-electron chi connectivity index (χ0n) is 10.3. The van der Waals surface area contributed by atoms with Crippen molar-refractivity contribution >= 4 is 17.4 Å². The average molecular weight is 254 g/mol. The molecule has 1 unspecified atom stereocenters. The van der Waals surface area contributed by atoms with E-state index >= 15 is 0 Å². The first kappa shape index (κ1) is 14.0. The largest absolute Gasteiger partial charge is 0.326 e. The maximum absolute atomic E-state index is 10.5. The molecule has 5 heteroatoms. The number of non-ortho nitro benzene ring substituents is 1. The predicted octanol–water partition coefficient (Wildman–Crippen LogP) is 3.06. The van der Waals surface area contributed by atoms with E-state index in [1.54, 1.807) is 23.9 Å². The summed E-state index contributed by atoms with van der Waals surface area (Å²) < 4.78 is 0. The van der Waals surface area contributed by atoms with Crippen molar-refractivity contribution in [3.8, 4) is 0 Å². The second-order valence-electron chi connectivity index (χ2n) is 5.03. The predicted molar refractivity (Wildman–Crippen MR) is 71.3 cm³/mol. The molecule has 1 rings (SSSR count). The molecule has 0 aliphatic rings. The first-order valence-electron chi connectivity index (χ1n) is 5.43. The number of nitrogens with zero attached hydrogens (tertiary/aromatic N) is 1. The van der Waals surface area contributed by atoms with Gasteiger partial charge in [-0.2, -0.15) is 0 Å². The van der Waals surface area contributed by atoms with Gasteiger partial charge in [-0.3, -0.25) is 10.1 Å². The second-order valence-corrected chi connectivity index (χ2v) is 6.13. The Balaban J connectivity index is 2.56. The molecule has 0 aromatic heterocycles. The molecule has 0 radical (unpaired) electrons. The van der Waals surface area contributed by atoms with Crippen molar-refractivity contribution in [2.75, 3.05) is 5.75 Å². The highest BCUT2D eigenvalue weighted by molar-refractivity contribution is 7.99. The maximum atomic E-state index is 10.5. The molecule has 1 aromatic rings. The molecule has 0 aliphatic heterocycles. The third kappa shape index (κ3) is 4.36. The first-order chi connectivity index (χ1) is 7.80. The van der Waals surface area contributed by atoms with Crippen LogP contribution in [-0.2, 0) is 0 Å². The molecule has 94 valence electrons. The Morgan fingerprint density at radius 1 is 1.35 bits per heavy atom. The minimum Gasteiger partial charge on any atom is -0.326 e. The molecule has 0 aliphatic carbocycles. The van der Waals surface area contributed by atoms with Crippen molar-refractivity contribution < 1.29 is 4.92 Å². The van der Waals surface area contributed by atoms with Crippen LogP contribution >= 0.6 is 11.8 Å². The van der Waals surface area contributed by atoms with Crippen LogP contribution in [0.25, 0.3) is 0 Å². The summed E-state index contributed by atoms with van der Waals surface area (Å²) >= 11 is 1.63. The van der Waals surface area contributed by atoms with Gasteiger partial charge in [-0.05, 0) is 17.5 Å². The lowest BCUT2D eigenvalue weighted by Gasteiger charge is -2.26. The van der Waals surface area contributed by atoms with Gasteiger partial charge in [-0.25, -0.2) is 0 Å². The van der Waals surface area contributed by atoms with E-state index in [1.165, 1.54) is 12.1 Å². The van der Waals surface area contributed by atoms with Crippen molar-refractivity contribution in [1.29, 1.82) is 0 Å². The second kappa shape index (κ2) is 5.51. The summed E-state index contributed by atoms with van der Waals surface area (Å²) in [6.45, 7) is 6.32. The van der Waals surface area contributed by atoms with Crippen LogP contribution in [0.2, 0.25) is 0 Å². The quantitative estimate of drug-likeness (QED) is 0.509. The summed E-state index contributed by atoms with van der Waals surface area (Å²) in [5.41, 5.74) is 6.24. The lowest BCUT2D eigenvalue weighted by Crippen LogP contribution is -2.37. The normalized spacial score (nSPS) is 13.4. The molecule has 1 atom stereocenters. The molecule has 0 spiro atoms. The van der Waals surface area contributed by atoms with Gasteiger partial charge in [0.25, 0.3) is 5.69 Å². The summed E-state index contributed by atoms with van der Waals surface area (Å²) in [7, 11) is 0. The fourth-order valence-corrected chi connectivity index (χ4v) is 2.30. The van der Waals surface area contributed by atoms with Crippen LogP contribution in [0, 0.1) is 15.5 Å². The zero-order chi connectivity index (χ0) is 13.1. The van der Waals surface area contributed by atoms with Gasteiger partial charge in [-0.1, -0.05) is 20.8 Å². The topological polar surface area (TPSA) is 69.2 Å². The van der Waals surface area contributed by atoms with E-state index in [-0.39, 0.29) is 17.1 Å². The van der Waals surface area contributed by atoms with Gasteiger partial charge in [0.1, 0.15) is 0 Å². The molecule has 17 heavy (non-hydrogen) atoms. The van der Waals surface area contributed by atoms with E-state index in [0.29, 0.717) is 0 Å². The van der Waals surface area contributed by atoms with E-state index in [1.807, 2.05) is 0 Å². The van der Waals surface area contributed by atoms with Crippen molar-refractivity contribution in [2.24, 2.45) is 11.1 Å². The first-order valence-corrected chi connectivity index (χ1v) is 6.42. The molecule has 0 bridgehead atoms. The lowest BCUT2D eigenvalue weighted by atomic mass is 9.89. The molecule has 0 heterocycles. The summed E-state index contributed by atoms with van der Waals surface area (Å²) in [6.07, 6.45) is 0. The molecule has 0 saturated heterocycles. The fraction of sp³-hybridized carbons (Fsp3) is 0.500. The number of nitrogens with two attached hydrogens (primary N) is 1. The van der Waals surface area contributed by atoms with Crippen LogP contribution in [0.5, 0.6) is 0 Å². The number of rotatable bonds is 4. The Kier molecular flexibility index (Phi) is 4.54. The van der Waals surface area contributed by atoms with Crippen molar-refractivity contribution in [3.63, 3.8) is 0 Å². The molecule has 0 saturated carbocycles. The Bertz CT molecular complexity index is 384. The van der Waals surface area contributed by atoms with Gasteiger partial charge in [0.2, 0.25) is 0 Å². The number of hydrogen-bond acceptors (Lipinski definition) is 4. The third-order valence-electron chi connectivity index (χ3n) is 2.59. The Morgan fingerprint density at radius 3 is 2.29 bits per heavy atom. The van der Waals surface area contributed by atoms with Gasteiger partial charge in [0, 0.05) is 28.8 Å². The summed E-state index contributed by atoms with van der Waals surface area (Å²) in [5, 5.41) is 10.5. The third-order valence-corrected chi connectivity index (χ3v) is 3.72. The van der Waals surface area contributed by atoms with E-state index in [0.717, 1.165) is 10.6 Å². The molecule has 0 amide bonds. The van der Waals surface area contributed by atoms with Crippen LogP contribution in [0.4, 0.5) is 5.69 Å². The monoisotopic (exact) mass is 254 g/mol. The fourth-order valence-electron chi connectivity index (χ4n) is 1.10.